The van der Waals surface area contributed by atoms with Crippen molar-refractivity contribution in [2.24, 2.45) is 11.8 Å². The number of carbonyl (C=O) groups is 2. The lowest BCUT2D eigenvalue weighted by atomic mass is 10.0. The number of hydrogen-bond acceptors (Lipinski definition) is 5. The largest absolute Gasteiger partial charge is 0.477 e. The summed E-state index contributed by atoms with van der Waals surface area (Å²) in [7, 11) is 0. The second-order valence-electron chi connectivity index (χ2n) is 9.04. The Morgan fingerprint density at radius 3 is 2.49 bits per heavy atom. The fraction of sp³-hybridized carbons (Fsp3) is 0.348. The number of nitrogens with one attached hydrogen (secondary N) is 2. The highest BCUT2D eigenvalue weighted by Crippen LogP contribution is 2.48. The van der Waals surface area contributed by atoms with Gasteiger partial charge in [0.25, 0.3) is 5.91 Å². The molecule has 2 aromatic heterocycles. The zero-order chi connectivity index (χ0) is 26.8. The number of hydrogen-bond donors (Lipinski definition) is 3. The van der Waals surface area contributed by atoms with E-state index in [0.717, 1.165) is 11.3 Å². The quantitative estimate of drug-likeness (QED) is 0.341. The number of piperidine rings is 1. The van der Waals surface area contributed by atoms with Crippen LogP contribution in [0.1, 0.15) is 42.7 Å². The van der Waals surface area contributed by atoms with E-state index in [9.17, 15) is 32.3 Å². The topological polar surface area (TPSA) is 98.3 Å². The maximum atomic E-state index is 14.3. The first-order chi connectivity index (χ1) is 17.3. The second-order valence-corrected chi connectivity index (χ2v) is 10.8. The van der Waals surface area contributed by atoms with Crippen LogP contribution in [0.4, 0.5) is 22.7 Å². The summed E-state index contributed by atoms with van der Waals surface area (Å²) in [5, 5.41) is 13.4. The second kappa shape index (κ2) is 9.17. The minimum absolute atomic E-state index is 0.00946. The number of carbonyl (C=O) groups excluding carboxylic acids is 1. The van der Waals surface area contributed by atoms with E-state index in [0.29, 0.717) is 42.1 Å². The van der Waals surface area contributed by atoms with E-state index in [1.54, 1.807) is 6.92 Å². The molecule has 1 aliphatic heterocycles. The monoisotopic (exact) mass is 576 g/mol. The third kappa shape index (κ3) is 4.77. The van der Waals surface area contributed by atoms with Crippen LogP contribution in [0.25, 0.3) is 0 Å². The molecular weight excluding hydrogens is 559 g/mol. The van der Waals surface area contributed by atoms with Gasteiger partial charge in [0.2, 0.25) is 0 Å². The molecule has 3 heterocycles. The van der Waals surface area contributed by atoms with Crippen molar-refractivity contribution in [3.8, 4) is 0 Å². The van der Waals surface area contributed by atoms with E-state index < -0.39 is 29.9 Å². The first kappa shape index (κ1) is 25.8. The smallest absolute Gasteiger partial charge is 0.416 e. The van der Waals surface area contributed by atoms with Crippen LogP contribution < -0.4 is 10.2 Å². The number of thiazole rings is 1. The number of aryl methyl sites for hydroxylation is 1. The molecule has 1 amide bonds. The minimum atomic E-state index is -4.66. The predicted octanol–water partition coefficient (Wildman–Crippen LogP) is 5.40. The fourth-order valence-electron chi connectivity index (χ4n) is 4.68. The number of aromatic nitrogens is 2. The summed E-state index contributed by atoms with van der Waals surface area (Å²) in [6.45, 7) is 2.69. The lowest BCUT2D eigenvalue weighted by Gasteiger charge is -2.19. The first-order valence-electron chi connectivity index (χ1n) is 11.0. The Morgan fingerprint density at radius 2 is 1.92 bits per heavy atom. The Labute approximate surface area is 221 Å². The van der Waals surface area contributed by atoms with Crippen molar-refractivity contribution in [2.45, 2.75) is 25.6 Å². The third-order valence-corrected chi connectivity index (χ3v) is 8.75. The maximum absolute atomic E-state index is 14.3. The van der Waals surface area contributed by atoms with Crippen molar-refractivity contribution in [1.29, 1.82) is 0 Å². The van der Waals surface area contributed by atoms with Gasteiger partial charge in [-0.2, -0.15) is 13.2 Å². The minimum Gasteiger partial charge on any atom is -0.477 e. The molecule has 3 atom stereocenters. The van der Waals surface area contributed by atoms with Crippen molar-refractivity contribution in [3.63, 3.8) is 0 Å². The number of amides is 1. The SMILES string of the molecule is Cc1[nH]c(C(=O)NC2[C@H]3CN(c4nc(Cc5cc(C(F)(F)F)ccc5F)c(C(=O)O)s4)C[C@@H]23)c(Cl)c1Cl. The number of rotatable bonds is 6. The molecule has 1 aromatic carbocycles. The molecule has 37 heavy (non-hydrogen) atoms. The van der Waals surface area contributed by atoms with Gasteiger partial charge in [0.1, 0.15) is 16.4 Å². The molecule has 5 rings (SSSR count). The molecule has 0 radical (unpaired) electrons. The van der Waals surface area contributed by atoms with Crippen molar-refractivity contribution < 1.29 is 32.3 Å². The van der Waals surface area contributed by atoms with Crippen LogP contribution >= 0.6 is 34.5 Å². The molecule has 2 aliphatic rings. The Kier molecular flexibility index (Phi) is 6.40. The number of halogens is 6. The van der Waals surface area contributed by atoms with Crippen LogP contribution in [-0.4, -0.2) is 46.1 Å². The summed E-state index contributed by atoms with van der Waals surface area (Å²) in [5.74, 6) is -2.33. The van der Waals surface area contributed by atoms with Crippen molar-refractivity contribution >= 4 is 51.5 Å². The van der Waals surface area contributed by atoms with Crippen LogP contribution in [0.3, 0.4) is 0 Å². The van der Waals surface area contributed by atoms with Gasteiger partial charge >= 0.3 is 12.1 Å². The van der Waals surface area contributed by atoms with E-state index in [1.165, 1.54) is 0 Å². The lowest BCUT2D eigenvalue weighted by molar-refractivity contribution is -0.137. The van der Waals surface area contributed by atoms with Gasteiger partial charge in [0, 0.05) is 43.1 Å². The van der Waals surface area contributed by atoms with Gasteiger partial charge in [-0.25, -0.2) is 14.2 Å². The average molecular weight is 577 g/mol. The normalized spacial score (nSPS) is 20.7. The molecule has 1 saturated carbocycles. The Morgan fingerprint density at radius 1 is 1.24 bits per heavy atom. The van der Waals surface area contributed by atoms with Gasteiger partial charge in [0.05, 0.1) is 21.3 Å². The van der Waals surface area contributed by atoms with E-state index >= 15 is 0 Å². The van der Waals surface area contributed by atoms with Crippen molar-refractivity contribution in [3.05, 3.63) is 67.1 Å². The summed E-state index contributed by atoms with van der Waals surface area (Å²) < 4.78 is 53.4. The van der Waals surface area contributed by atoms with Gasteiger partial charge in [-0.1, -0.05) is 34.5 Å². The molecule has 1 unspecified atom stereocenters. The lowest BCUT2D eigenvalue weighted by Crippen LogP contribution is -2.34. The number of alkyl halides is 3. The van der Waals surface area contributed by atoms with Gasteiger partial charge in [-0.15, -0.1) is 0 Å². The Balaban J connectivity index is 1.28. The highest BCUT2D eigenvalue weighted by molar-refractivity contribution is 7.17. The zero-order valence-electron chi connectivity index (χ0n) is 18.9. The first-order valence-corrected chi connectivity index (χ1v) is 12.6. The van der Waals surface area contributed by atoms with Crippen LogP contribution in [-0.2, 0) is 12.6 Å². The summed E-state index contributed by atoms with van der Waals surface area (Å²) >= 11 is 13.0. The number of benzene rings is 1. The number of anilines is 1. The van der Waals surface area contributed by atoms with Gasteiger partial charge in [-0.05, 0) is 30.7 Å². The van der Waals surface area contributed by atoms with Gasteiger partial charge < -0.3 is 20.3 Å². The van der Waals surface area contributed by atoms with E-state index in [2.05, 4.69) is 15.3 Å². The molecule has 196 valence electrons. The van der Waals surface area contributed by atoms with E-state index in [4.69, 9.17) is 23.2 Å². The highest BCUT2D eigenvalue weighted by atomic mass is 35.5. The molecule has 14 heteroatoms. The number of fused-ring (bicyclic) bond motifs is 1. The van der Waals surface area contributed by atoms with Gasteiger partial charge in [0.15, 0.2) is 5.13 Å². The average Bonchev–Trinajstić information content (AvgIpc) is 3.19. The molecular formula is C23H18Cl2F4N4O3S. The molecule has 1 aliphatic carbocycles. The summed E-state index contributed by atoms with van der Waals surface area (Å²) in [6.07, 6.45) is -5.06. The van der Waals surface area contributed by atoms with Gasteiger partial charge in [-0.3, -0.25) is 4.79 Å². The predicted molar refractivity (Wildman–Crippen MR) is 129 cm³/mol. The molecule has 3 N–H and O–H groups in total. The van der Waals surface area contributed by atoms with E-state index in [-0.39, 0.29) is 55.7 Å². The number of H-pyrrole nitrogens is 1. The van der Waals surface area contributed by atoms with Crippen LogP contribution in [0, 0.1) is 24.6 Å². The van der Waals surface area contributed by atoms with Crippen LogP contribution in [0.15, 0.2) is 18.2 Å². The van der Waals surface area contributed by atoms with Crippen molar-refractivity contribution in [1.82, 2.24) is 15.3 Å². The molecule has 2 fully saturated rings. The van der Waals surface area contributed by atoms with Crippen LogP contribution in [0.2, 0.25) is 10.0 Å². The van der Waals surface area contributed by atoms with Crippen LogP contribution in [0.5, 0.6) is 0 Å². The summed E-state index contributed by atoms with van der Waals surface area (Å²) in [6, 6.07) is 1.92. The fourth-order valence-corrected chi connectivity index (χ4v) is 6.03. The number of nitrogens with zero attached hydrogens (tertiary/aromatic N) is 2. The highest BCUT2D eigenvalue weighted by Gasteiger charge is 2.57. The number of carboxylic acids is 1. The summed E-state index contributed by atoms with van der Waals surface area (Å²) in [4.78, 5) is 33.3. The molecule has 1 saturated heterocycles. The standard InChI is InChI=1S/C23H18Cl2F4N4O3S/c1-8-15(24)16(25)18(30-8)20(34)32-17-11-6-33(7-12(11)17)22-31-14(19(37-22)21(35)36)5-9-4-10(23(27,28)29)2-3-13(9)26/h2-4,11-12,17,30H,5-7H2,1H3,(H,32,34)(H,35,36)/t11-,12+,17?. The number of aromatic amines is 1. The molecule has 3 aromatic rings. The third-order valence-electron chi connectivity index (χ3n) is 6.65. The zero-order valence-corrected chi connectivity index (χ0v) is 21.2. The molecule has 0 bridgehead atoms. The number of carboxylic acid groups (broad SMARTS) is 1. The number of aromatic carboxylic acids is 1. The summed E-state index contributed by atoms with van der Waals surface area (Å²) in [5.41, 5.74) is -0.562. The Bertz CT molecular complexity index is 1410. The van der Waals surface area contributed by atoms with E-state index in [1.807, 2.05) is 4.90 Å². The molecule has 0 spiro atoms. The molecule has 7 nitrogen and oxygen atoms in total. The van der Waals surface area contributed by atoms with Crippen molar-refractivity contribution in [2.75, 3.05) is 18.0 Å². The maximum Gasteiger partial charge on any atom is 0.416 e. The Hall–Kier alpha value is -2.83.